The molecule has 0 bridgehead atoms. The maximum Gasteiger partial charge on any atom is 0.310 e. The van der Waals surface area contributed by atoms with Gasteiger partial charge in [-0.1, -0.05) is 46.0 Å². The van der Waals surface area contributed by atoms with Crippen molar-refractivity contribution in [1.82, 2.24) is 0 Å². The van der Waals surface area contributed by atoms with Gasteiger partial charge in [-0.15, -0.1) is 0 Å². The van der Waals surface area contributed by atoms with Crippen LogP contribution >= 0.6 is 0 Å². The minimum absolute atomic E-state index is 0.0378. The van der Waals surface area contributed by atoms with Crippen molar-refractivity contribution in [3.8, 4) is 0 Å². The first kappa shape index (κ1) is 16.2. The van der Waals surface area contributed by atoms with Crippen LogP contribution < -0.4 is 5.73 Å². The number of unbranched alkanes of at least 4 members (excludes halogenated alkanes) is 3. The summed E-state index contributed by atoms with van der Waals surface area (Å²) in [5.74, 6) is -1.11. The number of carboxylic acids is 1. The Balaban J connectivity index is 2.73. The monoisotopic (exact) mass is 269 g/mol. The number of Topliss-reactive ketones (excluding diaryl/α,β-unsaturated/α-hetero) is 1. The van der Waals surface area contributed by atoms with Gasteiger partial charge in [0.2, 0.25) is 0 Å². The highest BCUT2D eigenvalue weighted by Gasteiger charge is 2.64. The second kappa shape index (κ2) is 7.04. The number of rotatable bonds is 10. The van der Waals surface area contributed by atoms with E-state index in [0.29, 0.717) is 12.8 Å². The molecule has 0 radical (unpaired) electrons. The average molecular weight is 269 g/mol. The molecule has 1 fully saturated rings. The highest BCUT2D eigenvalue weighted by Crippen LogP contribution is 2.61. The molecule has 110 valence electrons. The summed E-state index contributed by atoms with van der Waals surface area (Å²) in [6.07, 6.45) is 6.42. The third-order valence-electron chi connectivity index (χ3n) is 4.60. The molecule has 1 aliphatic carbocycles. The van der Waals surface area contributed by atoms with Gasteiger partial charge in [-0.05, 0) is 18.8 Å². The van der Waals surface area contributed by atoms with Crippen LogP contribution in [0.5, 0.6) is 0 Å². The number of nitrogens with two attached hydrogens (primary N) is 1. The molecule has 1 aliphatic rings. The fourth-order valence-corrected chi connectivity index (χ4v) is 3.32. The van der Waals surface area contributed by atoms with Gasteiger partial charge in [0, 0.05) is 5.92 Å². The first-order valence-electron chi connectivity index (χ1n) is 7.50. The Kier molecular flexibility index (Phi) is 5.98. The second-order valence-corrected chi connectivity index (χ2v) is 5.73. The predicted octanol–water partition coefficient (Wildman–Crippen LogP) is 2.60. The van der Waals surface area contributed by atoms with E-state index >= 15 is 0 Å². The third-order valence-corrected chi connectivity index (χ3v) is 4.60. The molecule has 0 amide bonds. The van der Waals surface area contributed by atoms with Gasteiger partial charge in [0.1, 0.15) is 0 Å². The van der Waals surface area contributed by atoms with Crippen molar-refractivity contribution < 1.29 is 14.7 Å². The van der Waals surface area contributed by atoms with Crippen molar-refractivity contribution in [2.45, 2.75) is 58.8 Å². The summed E-state index contributed by atoms with van der Waals surface area (Å²) in [6.45, 7) is 4.09. The summed E-state index contributed by atoms with van der Waals surface area (Å²) in [6, 6.07) is 0. The zero-order valence-electron chi connectivity index (χ0n) is 12.2. The molecule has 1 saturated carbocycles. The molecule has 0 spiro atoms. The fourth-order valence-electron chi connectivity index (χ4n) is 3.32. The summed E-state index contributed by atoms with van der Waals surface area (Å²) < 4.78 is 0. The van der Waals surface area contributed by atoms with Crippen molar-refractivity contribution >= 4 is 11.8 Å². The molecule has 0 saturated heterocycles. The molecule has 3 N–H and O–H groups in total. The quantitative estimate of drug-likeness (QED) is 0.597. The van der Waals surface area contributed by atoms with Crippen LogP contribution in [0.25, 0.3) is 0 Å². The van der Waals surface area contributed by atoms with E-state index in [2.05, 4.69) is 6.92 Å². The van der Waals surface area contributed by atoms with Crippen molar-refractivity contribution in [2.75, 3.05) is 6.54 Å². The number of ketones is 1. The Hall–Kier alpha value is -0.900. The van der Waals surface area contributed by atoms with Crippen molar-refractivity contribution in [1.29, 1.82) is 0 Å². The van der Waals surface area contributed by atoms with Gasteiger partial charge in [0.25, 0.3) is 0 Å². The van der Waals surface area contributed by atoms with E-state index in [1.54, 1.807) is 0 Å². The van der Waals surface area contributed by atoms with E-state index in [1.165, 1.54) is 0 Å². The van der Waals surface area contributed by atoms with Crippen molar-refractivity contribution in [3.05, 3.63) is 0 Å². The number of carboxylic acid groups (broad SMARTS) is 1. The molecule has 19 heavy (non-hydrogen) atoms. The lowest BCUT2D eigenvalue weighted by Gasteiger charge is -2.23. The van der Waals surface area contributed by atoms with E-state index in [1.807, 2.05) is 6.92 Å². The molecule has 0 aliphatic heterocycles. The maximum atomic E-state index is 12.0. The SMILES string of the molecule is CCCCCCC(C(=O)CN)C1(C(=O)O)CC1CC. The molecular weight excluding hydrogens is 242 g/mol. The van der Waals surface area contributed by atoms with Crippen LogP contribution in [0.1, 0.15) is 58.8 Å². The summed E-state index contributed by atoms with van der Waals surface area (Å²) >= 11 is 0. The Morgan fingerprint density at radius 3 is 2.42 bits per heavy atom. The van der Waals surface area contributed by atoms with Gasteiger partial charge in [-0.3, -0.25) is 9.59 Å². The summed E-state index contributed by atoms with van der Waals surface area (Å²) in [5.41, 5.74) is 4.66. The lowest BCUT2D eigenvalue weighted by molar-refractivity contribution is -0.149. The van der Waals surface area contributed by atoms with Crippen LogP contribution in [-0.2, 0) is 9.59 Å². The van der Waals surface area contributed by atoms with Crippen LogP contribution in [0.15, 0.2) is 0 Å². The Morgan fingerprint density at radius 2 is 2.00 bits per heavy atom. The molecule has 3 atom stereocenters. The normalized spacial score (nSPS) is 27.0. The Bertz CT molecular complexity index is 329. The predicted molar refractivity (Wildman–Crippen MR) is 74.8 cm³/mol. The van der Waals surface area contributed by atoms with Gasteiger partial charge in [-0.25, -0.2) is 0 Å². The van der Waals surface area contributed by atoms with Crippen LogP contribution in [0.4, 0.5) is 0 Å². The van der Waals surface area contributed by atoms with Crippen molar-refractivity contribution in [3.63, 3.8) is 0 Å². The van der Waals surface area contributed by atoms with E-state index in [0.717, 1.165) is 32.1 Å². The van der Waals surface area contributed by atoms with E-state index < -0.39 is 11.4 Å². The minimum atomic E-state index is -0.808. The molecular formula is C15H27NO3. The van der Waals surface area contributed by atoms with Gasteiger partial charge < -0.3 is 10.8 Å². The second-order valence-electron chi connectivity index (χ2n) is 5.73. The lowest BCUT2D eigenvalue weighted by Crippen LogP contribution is -2.36. The standard InChI is InChI=1S/C15H27NO3/c1-3-5-6-7-8-12(13(17)10-16)15(14(18)19)9-11(15)4-2/h11-12H,3-10,16H2,1-2H3,(H,18,19). The fraction of sp³-hybridized carbons (Fsp3) is 0.867. The molecule has 0 heterocycles. The number of hydrogen-bond donors (Lipinski definition) is 2. The van der Waals surface area contributed by atoms with Crippen molar-refractivity contribution in [2.24, 2.45) is 23.0 Å². The summed E-state index contributed by atoms with van der Waals surface area (Å²) in [7, 11) is 0. The van der Waals surface area contributed by atoms with Gasteiger partial charge in [-0.2, -0.15) is 0 Å². The molecule has 0 aromatic heterocycles. The molecule has 1 rings (SSSR count). The van der Waals surface area contributed by atoms with E-state index in [-0.39, 0.29) is 24.2 Å². The summed E-state index contributed by atoms with van der Waals surface area (Å²) in [4.78, 5) is 23.7. The third kappa shape index (κ3) is 3.35. The molecule has 3 unspecified atom stereocenters. The Morgan fingerprint density at radius 1 is 1.32 bits per heavy atom. The van der Waals surface area contributed by atoms with Crippen LogP contribution in [0.2, 0.25) is 0 Å². The molecule has 0 aromatic rings. The Labute approximate surface area is 115 Å². The largest absolute Gasteiger partial charge is 0.481 e. The van der Waals surface area contributed by atoms with E-state index in [4.69, 9.17) is 5.73 Å². The topological polar surface area (TPSA) is 80.4 Å². The number of carbonyl (C=O) groups excluding carboxylic acids is 1. The number of carbonyl (C=O) groups is 2. The minimum Gasteiger partial charge on any atom is -0.481 e. The lowest BCUT2D eigenvalue weighted by atomic mass is 9.79. The number of hydrogen-bond acceptors (Lipinski definition) is 3. The number of aliphatic carboxylic acids is 1. The van der Waals surface area contributed by atoms with Crippen LogP contribution in [0.3, 0.4) is 0 Å². The average Bonchev–Trinajstić information content (AvgIpc) is 3.13. The smallest absolute Gasteiger partial charge is 0.310 e. The first-order valence-corrected chi connectivity index (χ1v) is 7.50. The first-order chi connectivity index (χ1) is 9.04. The van der Waals surface area contributed by atoms with Gasteiger partial charge >= 0.3 is 5.97 Å². The summed E-state index contributed by atoms with van der Waals surface area (Å²) in [5, 5.41) is 9.53. The van der Waals surface area contributed by atoms with Gasteiger partial charge in [0.05, 0.1) is 12.0 Å². The highest BCUT2D eigenvalue weighted by molar-refractivity contribution is 5.91. The zero-order valence-corrected chi connectivity index (χ0v) is 12.2. The molecule has 0 aromatic carbocycles. The van der Waals surface area contributed by atoms with Crippen LogP contribution in [0, 0.1) is 17.3 Å². The molecule has 4 heteroatoms. The highest BCUT2D eigenvalue weighted by atomic mass is 16.4. The maximum absolute atomic E-state index is 12.0. The van der Waals surface area contributed by atoms with Crippen LogP contribution in [-0.4, -0.2) is 23.4 Å². The molecule has 4 nitrogen and oxygen atoms in total. The zero-order chi connectivity index (χ0) is 14.5. The van der Waals surface area contributed by atoms with E-state index in [9.17, 15) is 14.7 Å². The van der Waals surface area contributed by atoms with Gasteiger partial charge in [0.15, 0.2) is 5.78 Å².